The van der Waals surface area contributed by atoms with Crippen molar-refractivity contribution in [2.75, 3.05) is 12.4 Å². The molecule has 0 radical (unpaired) electrons. The maximum Gasteiger partial charge on any atom is 0.124 e. The average Bonchev–Trinajstić information content (AvgIpc) is 2.47. The van der Waals surface area contributed by atoms with Gasteiger partial charge in [-0.1, -0.05) is 35.9 Å². The molecule has 106 valence electrons. The predicted octanol–water partition coefficient (Wildman–Crippen LogP) is 3.67. The standard InChI is InChI=1S/C17H21NO2/c1-12-8-9-17(20-3)15(10-12)13(2)18-16-7-5-4-6-14(16)11-19/h4-10,13,18-19H,11H2,1-3H3. The highest BCUT2D eigenvalue weighted by Gasteiger charge is 2.12. The highest BCUT2D eigenvalue weighted by molar-refractivity contribution is 5.53. The maximum atomic E-state index is 9.38. The van der Waals surface area contributed by atoms with Gasteiger partial charge in [0.1, 0.15) is 5.75 Å². The normalized spacial score (nSPS) is 12.0. The van der Waals surface area contributed by atoms with E-state index < -0.39 is 0 Å². The summed E-state index contributed by atoms with van der Waals surface area (Å²) in [5.74, 6) is 0.872. The summed E-state index contributed by atoms with van der Waals surface area (Å²) in [5, 5.41) is 12.8. The van der Waals surface area contributed by atoms with Crippen LogP contribution in [-0.4, -0.2) is 12.2 Å². The van der Waals surface area contributed by atoms with Crippen LogP contribution in [-0.2, 0) is 6.61 Å². The van der Waals surface area contributed by atoms with Crippen LogP contribution in [0.4, 0.5) is 5.69 Å². The number of anilines is 1. The van der Waals surface area contributed by atoms with Gasteiger partial charge in [0, 0.05) is 16.8 Å². The smallest absolute Gasteiger partial charge is 0.124 e. The molecule has 0 spiro atoms. The Morgan fingerprint density at radius 2 is 1.95 bits per heavy atom. The fraction of sp³-hybridized carbons (Fsp3) is 0.294. The molecule has 0 aromatic heterocycles. The van der Waals surface area contributed by atoms with Crippen LogP contribution in [0.5, 0.6) is 5.75 Å². The zero-order valence-corrected chi connectivity index (χ0v) is 12.2. The van der Waals surface area contributed by atoms with E-state index in [2.05, 4.69) is 25.2 Å². The third kappa shape index (κ3) is 3.11. The van der Waals surface area contributed by atoms with Gasteiger partial charge in [0.15, 0.2) is 0 Å². The predicted molar refractivity (Wildman–Crippen MR) is 82.1 cm³/mol. The van der Waals surface area contributed by atoms with Crippen LogP contribution in [0, 0.1) is 6.92 Å². The molecule has 2 N–H and O–H groups in total. The summed E-state index contributed by atoms with van der Waals surface area (Å²) in [5.41, 5.74) is 4.15. The zero-order valence-electron chi connectivity index (χ0n) is 12.2. The van der Waals surface area contributed by atoms with Gasteiger partial charge in [-0.3, -0.25) is 0 Å². The monoisotopic (exact) mass is 271 g/mol. The Morgan fingerprint density at radius 1 is 1.20 bits per heavy atom. The van der Waals surface area contributed by atoms with Gasteiger partial charge in [0.05, 0.1) is 19.8 Å². The lowest BCUT2D eigenvalue weighted by molar-refractivity contribution is 0.282. The molecule has 20 heavy (non-hydrogen) atoms. The van der Waals surface area contributed by atoms with Gasteiger partial charge in [-0.15, -0.1) is 0 Å². The number of ether oxygens (including phenoxy) is 1. The van der Waals surface area contributed by atoms with Gasteiger partial charge in [0.2, 0.25) is 0 Å². The molecule has 3 heteroatoms. The van der Waals surface area contributed by atoms with Gasteiger partial charge in [-0.25, -0.2) is 0 Å². The summed E-state index contributed by atoms with van der Waals surface area (Å²) >= 11 is 0. The number of aryl methyl sites for hydroxylation is 1. The van der Waals surface area contributed by atoms with Gasteiger partial charge in [-0.05, 0) is 26.0 Å². The number of methoxy groups -OCH3 is 1. The summed E-state index contributed by atoms with van der Waals surface area (Å²) in [6.45, 7) is 4.18. The van der Waals surface area contributed by atoms with E-state index >= 15 is 0 Å². The first-order valence-electron chi connectivity index (χ1n) is 6.75. The van der Waals surface area contributed by atoms with E-state index in [1.807, 2.05) is 36.4 Å². The molecule has 2 rings (SSSR count). The van der Waals surface area contributed by atoms with Crippen LogP contribution < -0.4 is 10.1 Å². The molecule has 2 aromatic rings. The van der Waals surface area contributed by atoms with Crippen molar-refractivity contribution < 1.29 is 9.84 Å². The van der Waals surface area contributed by atoms with Gasteiger partial charge in [-0.2, -0.15) is 0 Å². The third-order valence-electron chi connectivity index (χ3n) is 3.41. The van der Waals surface area contributed by atoms with Crippen LogP contribution in [0.2, 0.25) is 0 Å². The number of nitrogens with one attached hydrogen (secondary N) is 1. The van der Waals surface area contributed by atoms with Crippen molar-refractivity contribution >= 4 is 5.69 Å². The van der Waals surface area contributed by atoms with Gasteiger partial charge in [0.25, 0.3) is 0 Å². The van der Waals surface area contributed by atoms with Crippen LogP contribution in [0.3, 0.4) is 0 Å². The van der Waals surface area contributed by atoms with E-state index in [0.29, 0.717) is 0 Å². The largest absolute Gasteiger partial charge is 0.496 e. The Bertz CT molecular complexity index is 581. The number of benzene rings is 2. The van der Waals surface area contributed by atoms with Gasteiger partial charge < -0.3 is 15.2 Å². The number of hydrogen-bond acceptors (Lipinski definition) is 3. The molecule has 0 heterocycles. The highest BCUT2D eigenvalue weighted by atomic mass is 16.5. The Labute approximate surface area is 120 Å². The number of para-hydroxylation sites is 1. The summed E-state index contributed by atoms with van der Waals surface area (Å²) < 4.78 is 5.43. The third-order valence-corrected chi connectivity index (χ3v) is 3.41. The van der Waals surface area contributed by atoms with Crippen molar-refractivity contribution in [3.05, 3.63) is 59.2 Å². The van der Waals surface area contributed by atoms with Crippen molar-refractivity contribution in [1.29, 1.82) is 0 Å². The molecule has 0 saturated carbocycles. The number of rotatable bonds is 5. The molecule has 0 aliphatic heterocycles. The van der Waals surface area contributed by atoms with Crippen LogP contribution in [0.15, 0.2) is 42.5 Å². The lowest BCUT2D eigenvalue weighted by Gasteiger charge is -2.20. The van der Waals surface area contributed by atoms with Crippen LogP contribution in [0.1, 0.15) is 29.7 Å². The van der Waals surface area contributed by atoms with Gasteiger partial charge >= 0.3 is 0 Å². The maximum absolute atomic E-state index is 9.38. The first-order chi connectivity index (χ1) is 9.65. The molecule has 0 amide bonds. The minimum Gasteiger partial charge on any atom is -0.496 e. The molecule has 0 saturated heterocycles. The van der Waals surface area contributed by atoms with E-state index in [1.54, 1.807) is 7.11 Å². The van der Waals surface area contributed by atoms with Crippen molar-refractivity contribution in [2.24, 2.45) is 0 Å². The zero-order chi connectivity index (χ0) is 14.5. The molecule has 0 bridgehead atoms. The quantitative estimate of drug-likeness (QED) is 0.872. The van der Waals surface area contributed by atoms with E-state index in [1.165, 1.54) is 5.56 Å². The van der Waals surface area contributed by atoms with Crippen molar-refractivity contribution in [3.63, 3.8) is 0 Å². The molecule has 0 aliphatic rings. The number of aliphatic hydroxyl groups excluding tert-OH is 1. The van der Waals surface area contributed by atoms with Crippen LogP contribution in [0.25, 0.3) is 0 Å². The fourth-order valence-electron chi connectivity index (χ4n) is 2.30. The molecular formula is C17H21NO2. The number of aliphatic hydroxyl groups is 1. The second-order valence-corrected chi connectivity index (χ2v) is 4.93. The molecular weight excluding hydrogens is 250 g/mol. The summed E-state index contributed by atoms with van der Waals surface area (Å²) in [4.78, 5) is 0. The summed E-state index contributed by atoms with van der Waals surface area (Å²) in [6, 6.07) is 14.0. The molecule has 0 fully saturated rings. The first kappa shape index (κ1) is 14.4. The van der Waals surface area contributed by atoms with E-state index in [4.69, 9.17) is 4.74 Å². The van der Waals surface area contributed by atoms with Crippen molar-refractivity contribution in [2.45, 2.75) is 26.5 Å². The summed E-state index contributed by atoms with van der Waals surface area (Å²) in [7, 11) is 1.68. The Hall–Kier alpha value is -2.00. The molecule has 3 nitrogen and oxygen atoms in total. The highest BCUT2D eigenvalue weighted by Crippen LogP contribution is 2.29. The first-order valence-corrected chi connectivity index (χ1v) is 6.75. The Morgan fingerprint density at radius 3 is 2.65 bits per heavy atom. The van der Waals surface area contributed by atoms with Crippen molar-refractivity contribution in [1.82, 2.24) is 0 Å². The lowest BCUT2D eigenvalue weighted by atomic mass is 10.0. The van der Waals surface area contributed by atoms with Crippen LogP contribution >= 0.6 is 0 Å². The Balaban J connectivity index is 2.28. The minimum absolute atomic E-state index is 0.0286. The molecule has 1 unspecified atom stereocenters. The topological polar surface area (TPSA) is 41.5 Å². The number of hydrogen-bond donors (Lipinski definition) is 2. The molecule has 2 aromatic carbocycles. The van der Waals surface area contributed by atoms with Crippen molar-refractivity contribution in [3.8, 4) is 5.75 Å². The summed E-state index contributed by atoms with van der Waals surface area (Å²) in [6.07, 6.45) is 0. The lowest BCUT2D eigenvalue weighted by Crippen LogP contribution is -2.10. The minimum atomic E-state index is 0.0286. The Kier molecular flexibility index (Phi) is 4.64. The molecule has 1 atom stereocenters. The van der Waals surface area contributed by atoms with E-state index in [-0.39, 0.29) is 12.6 Å². The van der Waals surface area contributed by atoms with E-state index in [0.717, 1.165) is 22.6 Å². The second kappa shape index (κ2) is 6.44. The average molecular weight is 271 g/mol. The fourth-order valence-corrected chi connectivity index (χ4v) is 2.30. The molecule has 0 aliphatic carbocycles. The SMILES string of the molecule is COc1ccc(C)cc1C(C)Nc1ccccc1CO. The second-order valence-electron chi connectivity index (χ2n) is 4.93. The van der Waals surface area contributed by atoms with E-state index in [9.17, 15) is 5.11 Å².